The zero-order chi connectivity index (χ0) is 14.5. The summed E-state index contributed by atoms with van der Waals surface area (Å²) in [5.41, 5.74) is 2.01. The lowest BCUT2D eigenvalue weighted by Gasteiger charge is -2.31. The van der Waals surface area contributed by atoms with E-state index < -0.39 is 0 Å². The maximum atomic E-state index is 12.3. The first-order valence-electron chi connectivity index (χ1n) is 6.89. The summed E-state index contributed by atoms with van der Waals surface area (Å²) >= 11 is 0. The number of hydrogen-bond acceptors (Lipinski definition) is 4. The second-order valence-corrected chi connectivity index (χ2v) is 5.06. The standard InChI is InChI=1S/C15H20N4O/c1-11-4-3-5-14(13(11)10-16)18-15(20)12(2)19-8-6-17-7-9-19/h3-5,12,17H,6-9H2,1-2H3,(H,18,20). The van der Waals surface area contributed by atoms with Gasteiger partial charge in [-0.25, -0.2) is 0 Å². The van der Waals surface area contributed by atoms with E-state index in [4.69, 9.17) is 0 Å². The first-order valence-corrected chi connectivity index (χ1v) is 6.89. The Kier molecular flexibility index (Phi) is 4.72. The average Bonchev–Trinajstić information content (AvgIpc) is 2.47. The number of rotatable bonds is 3. The molecule has 1 heterocycles. The Balaban J connectivity index is 2.08. The number of aryl methyl sites for hydroxylation is 1. The van der Waals surface area contributed by atoms with Crippen LogP contribution in [0.25, 0.3) is 0 Å². The van der Waals surface area contributed by atoms with Crippen molar-refractivity contribution in [1.29, 1.82) is 5.26 Å². The molecule has 1 amide bonds. The fourth-order valence-electron chi connectivity index (χ4n) is 2.39. The smallest absolute Gasteiger partial charge is 0.241 e. The summed E-state index contributed by atoms with van der Waals surface area (Å²) in [4.78, 5) is 14.5. The molecule has 1 aromatic rings. The molecule has 1 aromatic carbocycles. The molecule has 1 aliphatic rings. The molecule has 0 aliphatic carbocycles. The van der Waals surface area contributed by atoms with E-state index in [-0.39, 0.29) is 11.9 Å². The third-order valence-corrected chi connectivity index (χ3v) is 3.72. The summed E-state index contributed by atoms with van der Waals surface area (Å²) in [6.07, 6.45) is 0. The van der Waals surface area contributed by atoms with Gasteiger partial charge in [0.25, 0.3) is 0 Å². The van der Waals surface area contributed by atoms with Gasteiger partial charge in [-0.1, -0.05) is 12.1 Å². The predicted molar refractivity (Wildman–Crippen MR) is 78.4 cm³/mol. The van der Waals surface area contributed by atoms with Gasteiger partial charge in [0, 0.05) is 26.2 Å². The summed E-state index contributed by atoms with van der Waals surface area (Å²) in [5, 5.41) is 15.3. The molecule has 1 unspecified atom stereocenters. The Morgan fingerprint density at radius 2 is 2.15 bits per heavy atom. The minimum atomic E-state index is -0.191. The molecule has 5 heteroatoms. The number of amides is 1. The maximum Gasteiger partial charge on any atom is 0.241 e. The van der Waals surface area contributed by atoms with Crippen molar-refractivity contribution in [1.82, 2.24) is 10.2 Å². The number of nitrogens with one attached hydrogen (secondary N) is 2. The second-order valence-electron chi connectivity index (χ2n) is 5.06. The van der Waals surface area contributed by atoms with E-state index in [0.717, 1.165) is 31.7 Å². The highest BCUT2D eigenvalue weighted by Gasteiger charge is 2.23. The van der Waals surface area contributed by atoms with Gasteiger partial charge >= 0.3 is 0 Å². The average molecular weight is 272 g/mol. The van der Waals surface area contributed by atoms with Crippen molar-refractivity contribution in [2.45, 2.75) is 19.9 Å². The number of nitriles is 1. The van der Waals surface area contributed by atoms with Crippen LogP contribution in [-0.2, 0) is 4.79 Å². The van der Waals surface area contributed by atoms with Gasteiger partial charge in [0.1, 0.15) is 6.07 Å². The van der Waals surface area contributed by atoms with E-state index in [1.54, 1.807) is 6.07 Å². The number of anilines is 1. The highest BCUT2D eigenvalue weighted by molar-refractivity contribution is 5.95. The third-order valence-electron chi connectivity index (χ3n) is 3.72. The first kappa shape index (κ1) is 14.5. The molecule has 1 saturated heterocycles. The van der Waals surface area contributed by atoms with Gasteiger partial charge in [-0.05, 0) is 25.5 Å². The van der Waals surface area contributed by atoms with Gasteiger partial charge in [0.05, 0.1) is 17.3 Å². The van der Waals surface area contributed by atoms with Crippen LogP contribution >= 0.6 is 0 Å². The Morgan fingerprint density at radius 3 is 2.80 bits per heavy atom. The molecular weight excluding hydrogens is 252 g/mol. The fraction of sp³-hybridized carbons (Fsp3) is 0.467. The molecule has 0 aromatic heterocycles. The number of piperazine rings is 1. The summed E-state index contributed by atoms with van der Waals surface area (Å²) in [6, 6.07) is 7.45. The van der Waals surface area contributed by atoms with Gasteiger partial charge in [0.2, 0.25) is 5.91 Å². The predicted octanol–water partition coefficient (Wildman–Crippen LogP) is 1.10. The quantitative estimate of drug-likeness (QED) is 0.864. The van der Waals surface area contributed by atoms with E-state index in [9.17, 15) is 10.1 Å². The minimum absolute atomic E-state index is 0.0611. The number of nitrogens with zero attached hydrogens (tertiary/aromatic N) is 2. The molecule has 0 bridgehead atoms. The summed E-state index contributed by atoms with van der Waals surface area (Å²) in [5.74, 6) is -0.0611. The molecule has 2 rings (SSSR count). The fourth-order valence-corrected chi connectivity index (χ4v) is 2.39. The SMILES string of the molecule is Cc1cccc(NC(=O)C(C)N2CCNCC2)c1C#N. The zero-order valence-electron chi connectivity index (χ0n) is 11.9. The molecular formula is C15H20N4O. The van der Waals surface area contributed by atoms with Crippen molar-refractivity contribution in [3.63, 3.8) is 0 Å². The molecule has 106 valence electrons. The van der Waals surface area contributed by atoms with Crippen molar-refractivity contribution in [3.8, 4) is 6.07 Å². The number of hydrogen-bond donors (Lipinski definition) is 2. The lowest BCUT2D eigenvalue weighted by atomic mass is 10.1. The van der Waals surface area contributed by atoms with Crippen molar-refractivity contribution < 1.29 is 4.79 Å². The monoisotopic (exact) mass is 272 g/mol. The van der Waals surface area contributed by atoms with E-state index in [1.807, 2.05) is 26.0 Å². The van der Waals surface area contributed by atoms with Crippen molar-refractivity contribution >= 4 is 11.6 Å². The van der Waals surface area contributed by atoms with Crippen LogP contribution in [0.15, 0.2) is 18.2 Å². The lowest BCUT2D eigenvalue weighted by molar-refractivity contribution is -0.120. The molecule has 0 spiro atoms. The molecule has 2 N–H and O–H groups in total. The van der Waals surface area contributed by atoms with E-state index in [1.165, 1.54) is 0 Å². The van der Waals surface area contributed by atoms with Crippen molar-refractivity contribution in [2.24, 2.45) is 0 Å². The van der Waals surface area contributed by atoms with Crippen LogP contribution in [0.5, 0.6) is 0 Å². The topological polar surface area (TPSA) is 68.2 Å². The molecule has 0 saturated carbocycles. The van der Waals surface area contributed by atoms with Crippen LogP contribution in [-0.4, -0.2) is 43.0 Å². The van der Waals surface area contributed by atoms with Gasteiger partial charge in [-0.3, -0.25) is 9.69 Å². The van der Waals surface area contributed by atoms with E-state index in [0.29, 0.717) is 11.3 Å². The van der Waals surface area contributed by atoms with Gasteiger partial charge in [-0.2, -0.15) is 5.26 Å². The Labute approximate surface area is 119 Å². The van der Waals surface area contributed by atoms with Crippen LogP contribution < -0.4 is 10.6 Å². The maximum absolute atomic E-state index is 12.3. The minimum Gasteiger partial charge on any atom is -0.324 e. The Bertz CT molecular complexity index is 529. The normalized spacial score (nSPS) is 17.2. The third kappa shape index (κ3) is 3.16. The van der Waals surface area contributed by atoms with Crippen LogP contribution in [0.1, 0.15) is 18.1 Å². The number of benzene rings is 1. The summed E-state index contributed by atoms with van der Waals surface area (Å²) in [7, 11) is 0. The lowest BCUT2D eigenvalue weighted by Crippen LogP contribution is -2.51. The van der Waals surface area contributed by atoms with Crippen LogP contribution in [0.2, 0.25) is 0 Å². The van der Waals surface area contributed by atoms with Gasteiger partial charge in [-0.15, -0.1) is 0 Å². The molecule has 1 fully saturated rings. The molecule has 1 aliphatic heterocycles. The van der Waals surface area contributed by atoms with Crippen molar-refractivity contribution in [2.75, 3.05) is 31.5 Å². The molecule has 20 heavy (non-hydrogen) atoms. The highest BCUT2D eigenvalue weighted by Crippen LogP contribution is 2.19. The van der Waals surface area contributed by atoms with Crippen LogP contribution in [0, 0.1) is 18.3 Å². The van der Waals surface area contributed by atoms with Gasteiger partial charge in [0.15, 0.2) is 0 Å². The summed E-state index contributed by atoms with van der Waals surface area (Å²) < 4.78 is 0. The number of carbonyl (C=O) groups is 1. The highest BCUT2D eigenvalue weighted by atomic mass is 16.2. The molecule has 0 radical (unpaired) electrons. The van der Waals surface area contributed by atoms with Gasteiger partial charge < -0.3 is 10.6 Å². The van der Waals surface area contributed by atoms with E-state index in [2.05, 4.69) is 21.6 Å². The molecule has 5 nitrogen and oxygen atoms in total. The van der Waals surface area contributed by atoms with Crippen molar-refractivity contribution in [3.05, 3.63) is 29.3 Å². The van der Waals surface area contributed by atoms with Crippen LogP contribution in [0.4, 0.5) is 5.69 Å². The van der Waals surface area contributed by atoms with E-state index >= 15 is 0 Å². The first-order chi connectivity index (χ1) is 9.63. The Hall–Kier alpha value is -1.90. The zero-order valence-corrected chi connectivity index (χ0v) is 11.9. The second kappa shape index (κ2) is 6.51. The Morgan fingerprint density at radius 1 is 1.45 bits per heavy atom. The molecule has 1 atom stereocenters. The number of carbonyl (C=O) groups excluding carboxylic acids is 1. The largest absolute Gasteiger partial charge is 0.324 e. The summed E-state index contributed by atoms with van der Waals surface area (Å²) in [6.45, 7) is 7.33. The van der Waals surface area contributed by atoms with Crippen LogP contribution in [0.3, 0.4) is 0 Å².